The monoisotopic (exact) mass is 331 g/mol. The number of carbonyl (C=O) groups excluding carboxylic acids is 1. The maximum Gasteiger partial charge on any atom is 0.409 e. The number of amides is 1. The second-order valence-electron chi connectivity index (χ2n) is 5.96. The van der Waals surface area contributed by atoms with E-state index in [0.717, 1.165) is 24.5 Å². The molecule has 0 spiro atoms. The quantitative estimate of drug-likeness (QED) is 0.852. The van der Waals surface area contributed by atoms with Crippen molar-refractivity contribution in [2.45, 2.75) is 19.8 Å². The van der Waals surface area contributed by atoms with E-state index in [1.807, 2.05) is 26.0 Å². The Balaban J connectivity index is 1.65. The van der Waals surface area contributed by atoms with Crippen molar-refractivity contribution in [3.05, 3.63) is 24.2 Å². The van der Waals surface area contributed by atoms with Crippen LogP contribution in [0.4, 0.5) is 10.6 Å². The van der Waals surface area contributed by atoms with Crippen molar-refractivity contribution in [3.63, 3.8) is 0 Å². The van der Waals surface area contributed by atoms with Gasteiger partial charge in [0.15, 0.2) is 0 Å². The van der Waals surface area contributed by atoms with Crippen LogP contribution in [-0.2, 0) is 4.74 Å². The topological polar surface area (TPSA) is 84.6 Å². The Morgan fingerprint density at radius 3 is 2.54 bits per heavy atom. The Bertz CT molecular complexity index is 690. The van der Waals surface area contributed by atoms with Crippen molar-refractivity contribution < 1.29 is 14.1 Å². The first kappa shape index (κ1) is 16.2. The number of hydrogen-bond donors (Lipinski definition) is 0. The predicted octanol–water partition coefficient (Wildman–Crippen LogP) is 2.14. The maximum atomic E-state index is 11.5. The van der Waals surface area contributed by atoms with Crippen molar-refractivity contribution >= 4 is 11.9 Å². The third-order valence-electron chi connectivity index (χ3n) is 3.98. The minimum absolute atomic E-state index is 0.199. The molecule has 8 heteroatoms. The van der Waals surface area contributed by atoms with Crippen LogP contribution in [0.25, 0.3) is 11.4 Å². The minimum atomic E-state index is -0.281. The van der Waals surface area contributed by atoms with Gasteiger partial charge in [0.05, 0.1) is 7.11 Å². The Hall–Kier alpha value is -2.64. The summed E-state index contributed by atoms with van der Waals surface area (Å²) < 4.78 is 9.97. The molecule has 0 radical (unpaired) electrons. The van der Waals surface area contributed by atoms with Gasteiger partial charge in [-0.2, -0.15) is 4.98 Å². The zero-order chi connectivity index (χ0) is 17.1. The second kappa shape index (κ2) is 6.86. The van der Waals surface area contributed by atoms with Crippen LogP contribution in [0.15, 0.2) is 22.9 Å². The lowest BCUT2D eigenvalue weighted by molar-refractivity contribution is 0.121. The molecule has 1 amide bonds. The third-order valence-corrected chi connectivity index (χ3v) is 3.98. The molecule has 128 valence electrons. The highest BCUT2D eigenvalue weighted by molar-refractivity contribution is 5.68. The average molecular weight is 331 g/mol. The molecule has 0 unspecified atom stereocenters. The molecule has 0 aliphatic carbocycles. The van der Waals surface area contributed by atoms with E-state index >= 15 is 0 Å². The molecule has 0 atom stereocenters. The molecule has 2 aromatic rings. The summed E-state index contributed by atoms with van der Waals surface area (Å²) in [5.74, 6) is 2.24. The van der Waals surface area contributed by atoms with Crippen LogP contribution >= 0.6 is 0 Å². The van der Waals surface area contributed by atoms with E-state index < -0.39 is 0 Å². The smallest absolute Gasteiger partial charge is 0.409 e. The van der Waals surface area contributed by atoms with Crippen molar-refractivity contribution in [2.75, 3.05) is 38.2 Å². The van der Waals surface area contributed by atoms with Gasteiger partial charge < -0.3 is 19.1 Å². The van der Waals surface area contributed by atoms with Crippen LogP contribution in [0.3, 0.4) is 0 Å². The molecule has 1 aliphatic heterocycles. The molecular formula is C16H21N5O3. The summed E-state index contributed by atoms with van der Waals surface area (Å²) in [5, 5.41) is 3.99. The predicted molar refractivity (Wildman–Crippen MR) is 87.8 cm³/mol. The number of aromatic nitrogens is 3. The summed E-state index contributed by atoms with van der Waals surface area (Å²) in [6.07, 6.45) is 1.47. The van der Waals surface area contributed by atoms with Gasteiger partial charge in [-0.15, -0.1) is 0 Å². The highest BCUT2D eigenvalue weighted by Crippen LogP contribution is 2.21. The zero-order valence-corrected chi connectivity index (χ0v) is 14.1. The zero-order valence-electron chi connectivity index (χ0n) is 14.1. The first-order valence-electron chi connectivity index (χ1n) is 7.96. The molecule has 1 fully saturated rings. The number of carbonyl (C=O) groups is 1. The van der Waals surface area contributed by atoms with E-state index in [9.17, 15) is 4.79 Å². The Morgan fingerprint density at radius 1 is 1.25 bits per heavy atom. The molecule has 0 bridgehead atoms. The first-order valence-corrected chi connectivity index (χ1v) is 7.96. The normalized spacial score (nSPS) is 15.0. The van der Waals surface area contributed by atoms with Crippen molar-refractivity contribution in [1.29, 1.82) is 0 Å². The molecule has 3 heterocycles. The average Bonchev–Trinajstić information content (AvgIpc) is 3.12. The summed E-state index contributed by atoms with van der Waals surface area (Å²) in [4.78, 5) is 24.2. The fourth-order valence-corrected chi connectivity index (χ4v) is 2.54. The van der Waals surface area contributed by atoms with Crippen LogP contribution in [0.2, 0.25) is 0 Å². The van der Waals surface area contributed by atoms with Gasteiger partial charge in [0, 0.05) is 43.9 Å². The fourth-order valence-electron chi connectivity index (χ4n) is 2.54. The number of ether oxygens (including phenoxy) is 1. The van der Waals surface area contributed by atoms with Gasteiger partial charge in [-0.3, -0.25) is 0 Å². The molecule has 0 N–H and O–H groups in total. The van der Waals surface area contributed by atoms with E-state index in [0.29, 0.717) is 24.8 Å². The number of pyridine rings is 1. The molecular weight excluding hydrogens is 310 g/mol. The molecule has 8 nitrogen and oxygen atoms in total. The number of methoxy groups -OCH3 is 1. The molecule has 24 heavy (non-hydrogen) atoms. The van der Waals surface area contributed by atoms with Gasteiger partial charge in [-0.25, -0.2) is 9.78 Å². The summed E-state index contributed by atoms with van der Waals surface area (Å²) in [6, 6.07) is 3.87. The van der Waals surface area contributed by atoms with E-state index in [4.69, 9.17) is 9.26 Å². The lowest BCUT2D eigenvalue weighted by Crippen LogP contribution is -2.49. The number of anilines is 1. The summed E-state index contributed by atoms with van der Waals surface area (Å²) >= 11 is 0. The SMILES string of the molecule is COC(=O)N1CCN(c2ccc(-c3noc(C(C)C)n3)cn2)CC1. The molecule has 3 rings (SSSR count). The Kier molecular flexibility index (Phi) is 4.64. The largest absolute Gasteiger partial charge is 0.453 e. The van der Waals surface area contributed by atoms with E-state index in [2.05, 4.69) is 20.0 Å². The molecule has 1 saturated heterocycles. The van der Waals surface area contributed by atoms with Crippen LogP contribution in [0.5, 0.6) is 0 Å². The number of nitrogens with zero attached hydrogens (tertiary/aromatic N) is 5. The molecule has 0 saturated carbocycles. The first-order chi connectivity index (χ1) is 11.6. The third kappa shape index (κ3) is 3.32. The lowest BCUT2D eigenvalue weighted by atomic mass is 10.2. The number of rotatable bonds is 3. The lowest BCUT2D eigenvalue weighted by Gasteiger charge is -2.34. The Labute approximate surface area is 140 Å². The number of hydrogen-bond acceptors (Lipinski definition) is 7. The van der Waals surface area contributed by atoms with Crippen molar-refractivity contribution in [3.8, 4) is 11.4 Å². The van der Waals surface area contributed by atoms with Gasteiger partial charge >= 0.3 is 6.09 Å². The van der Waals surface area contributed by atoms with Gasteiger partial charge in [0.25, 0.3) is 0 Å². The summed E-state index contributed by atoms with van der Waals surface area (Å²) in [7, 11) is 1.40. The van der Waals surface area contributed by atoms with Gasteiger partial charge in [0.2, 0.25) is 11.7 Å². The summed E-state index contributed by atoms with van der Waals surface area (Å²) in [5.41, 5.74) is 0.822. The van der Waals surface area contributed by atoms with Gasteiger partial charge in [0.1, 0.15) is 5.82 Å². The highest BCUT2D eigenvalue weighted by atomic mass is 16.5. The van der Waals surface area contributed by atoms with Crippen molar-refractivity contribution in [1.82, 2.24) is 20.0 Å². The van der Waals surface area contributed by atoms with E-state index in [1.54, 1.807) is 11.1 Å². The van der Waals surface area contributed by atoms with Crippen LogP contribution in [-0.4, -0.2) is 59.4 Å². The Morgan fingerprint density at radius 2 is 2.00 bits per heavy atom. The molecule has 1 aliphatic rings. The van der Waals surface area contributed by atoms with E-state index in [-0.39, 0.29) is 12.0 Å². The molecule has 2 aromatic heterocycles. The second-order valence-corrected chi connectivity index (χ2v) is 5.96. The highest BCUT2D eigenvalue weighted by Gasteiger charge is 2.22. The molecule has 0 aromatic carbocycles. The van der Waals surface area contributed by atoms with Crippen LogP contribution < -0.4 is 4.90 Å². The van der Waals surface area contributed by atoms with Gasteiger partial charge in [-0.1, -0.05) is 19.0 Å². The maximum absolute atomic E-state index is 11.5. The summed E-state index contributed by atoms with van der Waals surface area (Å²) in [6.45, 7) is 6.71. The van der Waals surface area contributed by atoms with Crippen molar-refractivity contribution in [2.24, 2.45) is 0 Å². The van der Waals surface area contributed by atoms with E-state index in [1.165, 1.54) is 7.11 Å². The fraction of sp³-hybridized carbons (Fsp3) is 0.500. The van der Waals surface area contributed by atoms with Crippen LogP contribution in [0.1, 0.15) is 25.7 Å². The standard InChI is InChI=1S/C16H21N5O3/c1-11(2)15-18-14(19-24-15)12-4-5-13(17-10-12)20-6-8-21(9-7-20)16(22)23-3/h4-5,10-11H,6-9H2,1-3H3. The number of piperazine rings is 1. The minimum Gasteiger partial charge on any atom is -0.453 e. The van der Waals surface area contributed by atoms with Gasteiger partial charge in [-0.05, 0) is 12.1 Å². The van der Waals surface area contributed by atoms with Crippen LogP contribution in [0, 0.1) is 0 Å².